The average molecular weight is 308 g/mol. The second kappa shape index (κ2) is 5.77. The van der Waals surface area contributed by atoms with Crippen LogP contribution in [-0.4, -0.2) is 34.9 Å². The maximum Gasteiger partial charge on any atom is 0.252 e. The van der Waals surface area contributed by atoms with Gasteiger partial charge in [0.25, 0.3) is 5.91 Å². The molecule has 0 saturated carbocycles. The minimum Gasteiger partial charge on any atom is -0.394 e. The van der Waals surface area contributed by atoms with Crippen LogP contribution in [0.1, 0.15) is 23.7 Å². The summed E-state index contributed by atoms with van der Waals surface area (Å²) in [5.41, 5.74) is -0.414. The molecule has 0 aliphatic rings. The zero-order valence-electron chi connectivity index (χ0n) is 8.86. The molecule has 0 saturated heterocycles. The minimum absolute atomic E-state index is 0.281. The molecule has 0 aromatic carbocycles. The van der Waals surface area contributed by atoms with Crippen LogP contribution in [0.2, 0.25) is 0 Å². The Morgan fingerprint density at radius 1 is 1.56 bits per heavy atom. The number of carbonyl (C=O) groups excluding carboxylic acids is 1. The van der Waals surface area contributed by atoms with Gasteiger partial charge in [-0.3, -0.25) is 4.79 Å². The normalized spacial score (nSPS) is 11.5. The number of hydrogen-bond donors (Lipinski definition) is 3. The molecule has 0 bridgehead atoms. The summed E-state index contributed by atoms with van der Waals surface area (Å²) in [6.45, 7) is 1.24. The highest BCUT2D eigenvalue weighted by Gasteiger charge is 2.29. The van der Waals surface area contributed by atoms with E-state index in [1.54, 1.807) is 18.4 Å². The van der Waals surface area contributed by atoms with Gasteiger partial charge >= 0.3 is 0 Å². The Kier molecular flexibility index (Phi) is 4.91. The number of carbonyl (C=O) groups is 1. The Labute approximate surface area is 106 Å². The first-order valence-electron chi connectivity index (χ1n) is 4.85. The van der Waals surface area contributed by atoms with Crippen molar-refractivity contribution in [2.45, 2.75) is 18.9 Å². The van der Waals surface area contributed by atoms with Gasteiger partial charge in [0.1, 0.15) is 0 Å². The molecule has 0 fully saturated rings. The zero-order valence-corrected chi connectivity index (χ0v) is 11.3. The van der Waals surface area contributed by atoms with Gasteiger partial charge in [-0.15, -0.1) is 11.3 Å². The first-order valence-corrected chi connectivity index (χ1v) is 6.52. The van der Waals surface area contributed by atoms with E-state index in [4.69, 9.17) is 0 Å². The van der Waals surface area contributed by atoms with Crippen molar-refractivity contribution >= 4 is 33.2 Å². The number of aliphatic hydroxyl groups is 2. The summed E-state index contributed by atoms with van der Waals surface area (Å²) < 4.78 is 0.868. The lowest BCUT2D eigenvalue weighted by Crippen LogP contribution is -2.53. The Morgan fingerprint density at radius 2 is 2.19 bits per heavy atom. The van der Waals surface area contributed by atoms with E-state index in [0.29, 0.717) is 12.0 Å². The Bertz CT molecular complexity index is 354. The van der Waals surface area contributed by atoms with Gasteiger partial charge in [-0.1, -0.05) is 6.92 Å². The molecule has 0 aliphatic carbocycles. The van der Waals surface area contributed by atoms with E-state index in [0.717, 1.165) is 3.79 Å². The van der Waals surface area contributed by atoms with Gasteiger partial charge in [-0.25, -0.2) is 0 Å². The third-order valence-electron chi connectivity index (χ3n) is 2.49. The lowest BCUT2D eigenvalue weighted by molar-refractivity contribution is 0.0653. The zero-order chi connectivity index (χ0) is 12.2. The van der Waals surface area contributed by atoms with E-state index in [1.165, 1.54) is 11.3 Å². The second-order valence-corrected chi connectivity index (χ2v) is 5.83. The fraction of sp³-hybridized carbons (Fsp3) is 0.500. The maximum absolute atomic E-state index is 11.8. The molecule has 1 heterocycles. The summed E-state index contributed by atoms with van der Waals surface area (Å²) in [5, 5.41) is 22.8. The maximum atomic E-state index is 11.8. The molecular formula is C10H14BrNO3S. The van der Waals surface area contributed by atoms with E-state index in [9.17, 15) is 15.0 Å². The van der Waals surface area contributed by atoms with Crippen LogP contribution >= 0.6 is 27.3 Å². The third-order valence-corrected chi connectivity index (χ3v) is 3.99. The molecule has 0 atom stereocenters. The van der Waals surface area contributed by atoms with Crippen LogP contribution in [0.4, 0.5) is 0 Å². The highest BCUT2D eigenvalue weighted by molar-refractivity contribution is 9.11. The molecule has 3 N–H and O–H groups in total. The molecule has 1 amide bonds. The third kappa shape index (κ3) is 3.04. The monoisotopic (exact) mass is 307 g/mol. The quantitative estimate of drug-likeness (QED) is 0.769. The smallest absolute Gasteiger partial charge is 0.252 e. The fourth-order valence-electron chi connectivity index (χ4n) is 1.18. The average Bonchev–Trinajstić information content (AvgIpc) is 2.73. The Morgan fingerprint density at radius 3 is 2.56 bits per heavy atom. The van der Waals surface area contributed by atoms with Crippen LogP contribution in [0.3, 0.4) is 0 Å². The summed E-state index contributed by atoms with van der Waals surface area (Å²) in [5.74, 6) is -0.285. The topological polar surface area (TPSA) is 69.6 Å². The molecule has 0 unspecified atom stereocenters. The first-order chi connectivity index (χ1) is 7.56. The lowest BCUT2D eigenvalue weighted by atomic mass is 9.98. The largest absolute Gasteiger partial charge is 0.394 e. The molecule has 1 aromatic rings. The summed E-state index contributed by atoms with van der Waals surface area (Å²) in [4.78, 5) is 11.8. The molecule has 90 valence electrons. The summed E-state index contributed by atoms with van der Waals surface area (Å²) in [7, 11) is 0. The van der Waals surface area contributed by atoms with Crippen molar-refractivity contribution in [2.24, 2.45) is 0 Å². The molecule has 1 aromatic heterocycles. The predicted octanol–water partition coefficient (Wildman–Crippen LogP) is 1.37. The predicted molar refractivity (Wildman–Crippen MR) is 66.7 cm³/mol. The van der Waals surface area contributed by atoms with Crippen LogP contribution in [0, 0.1) is 0 Å². The number of aliphatic hydroxyl groups excluding tert-OH is 2. The van der Waals surface area contributed by atoms with E-state index in [2.05, 4.69) is 21.2 Å². The number of nitrogens with one attached hydrogen (secondary N) is 1. The van der Waals surface area contributed by atoms with Gasteiger partial charge in [-0.2, -0.15) is 0 Å². The van der Waals surface area contributed by atoms with Crippen molar-refractivity contribution in [3.63, 3.8) is 0 Å². The summed E-state index contributed by atoms with van der Waals surface area (Å²) >= 11 is 4.68. The van der Waals surface area contributed by atoms with Gasteiger partial charge < -0.3 is 15.5 Å². The molecule has 0 radical (unpaired) electrons. The fourth-order valence-corrected chi connectivity index (χ4v) is 2.32. The molecule has 1 rings (SSSR count). The number of hydrogen-bond acceptors (Lipinski definition) is 4. The number of halogens is 1. The van der Waals surface area contributed by atoms with Crippen molar-refractivity contribution < 1.29 is 15.0 Å². The highest BCUT2D eigenvalue weighted by atomic mass is 79.9. The van der Waals surface area contributed by atoms with Crippen LogP contribution in [0.15, 0.2) is 15.2 Å². The van der Waals surface area contributed by atoms with E-state index in [-0.39, 0.29) is 19.1 Å². The molecular weight excluding hydrogens is 294 g/mol. The van der Waals surface area contributed by atoms with Gasteiger partial charge in [0, 0.05) is 5.38 Å². The van der Waals surface area contributed by atoms with Gasteiger partial charge in [0.15, 0.2) is 0 Å². The van der Waals surface area contributed by atoms with Gasteiger partial charge in [-0.05, 0) is 28.4 Å². The molecule has 6 heteroatoms. The molecule has 4 nitrogen and oxygen atoms in total. The van der Waals surface area contributed by atoms with Crippen LogP contribution in [0.5, 0.6) is 0 Å². The molecule has 16 heavy (non-hydrogen) atoms. The first kappa shape index (κ1) is 13.6. The highest BCUT2D eigenvalue weighted by Crippen LogP contribution is 2.21. The van der Waals surface area contributed by atoms with Crippen molar-refractivity contribution in [3.05, 3.63) is 20.8 Å². The van der Waals surface area contributed by atoms with E-state index >= 15 is 0 Å². The minimum atomic E-state index is -0.939. The second-order valence-electron chi connectivity index (χ2n) is 3.54. The van der Waals surface area contributed by atoms with Crippen molar-refractivity contribution in [2.75, 3.05) is 13.2 Å². The SMILES string of the molecule is CCC(CO)(CO)NC(=O)c1csc(Br)c1. The molecule has 0 spiro atoms. The van der Waals surface area contributed by atoms with Gasteiger partial charge in [0.05, 0.1) is 28.1 Å². The van der Waals surface area contributed by atoms with Gasteiger partial charge in [0.2, 0.25) is 0 Å². The number of amides is 1. The summed E-state index contributed by atoms with van der Waals surface area (Å²) in [6.07, 6.45) is 0.469. The van der Waals surface area contributed by atoms with Crippen LogP contribution in [-0.2, 0) is 0 Å². The standard InChI is InChI=1S/C10H14BrNO3S/c1-2-10(5-13,6-14)12-9(15)7-3-8(11)16-4-7/h3-4,13-14H,2,5-6H2,1H3,(H,12,15). The lowest BCUT2D eigenvalue weighted by Gasteiger charge is -2.29. The van der Waals surface area contributed by atoms with Crippen LogP contribution in [0.25, 0.3) is 0 Å². The number of thiophene rings is 1. The van der Waals surface area contributed by atoms with E-state index in [1.807, 2.05) is 0 Å². The Hall–Kier alpha value is -0.430. The Balaban J connectivity index is 2.76. The van der Waals surface area contributed by atoms with Crippen molar-refractivity contribution in [3.8, 4) is 0 Å². The van der Waals surface area contributed by atoms with E-state index < -0.39 is 5.54 Å². The van der Waals surface area contributed by atoms with Crippen LogP contribution < -0.4 is 5.32 Å². The molecule has 0 aliphatic heterocycles. The van der Waals surface area contributed by atoms with Crippen molar-refractivity contribution in [1.29, 1.82) is 0 Å². The summed E-state index contributed by atoms with van der Waals surface area (Å²) in [6, 6.07) is 1.70. The number of rotatable bonds is 5. The van der Waals surface area contributed by atoms with Crippen molar-refractivity contribution in [1.82, 2.24) is 5.32 Å².